The second-order valence-corrected chi connectivity index (χ2v) is 7.35. The second-order valence-electron chi connectivity index (χ2n) is 7.35. The van der Waals surface area contributed by atoms with E-state index in [9.17, 15) is 9.59 Å². The van der Waals surface area contributed by atoms with Crippen molar-refractivity contribution >= 4 is 22.8 Å². The molecule has 0 saturated heterocycles. The lowest BCUT2D eigenvalue weighted by atomic mass is 10.1. The molecule has 0 aliphatic heterocycles. The number of nitrogens with one attached hydrogen (secondary N) is 2. The van der Waals surface area contributed by atoms with Gasteiger partial charge in [-0.25, -0.2) is 14.8 Å². The van der Waals surface area contributed by atoms with Crippen molar-refractivity contribution in [3.63, 3.8) is 0 Å². The molecule has 0 aliphatic carbocycles. The molecule has 1 aromatic carbocycles. The SMILES string of the molecule is COC(=O)NC(C)(C)Nc1nc(-c2ccc(OC)c(OC)c2)cc2ncn(C)c(=O)c12. The van der Waals surface area contributed by atoms with Gasteiger partial charge < -0.3 is 24.1 Å². The van der Waals surface area contributed by atoms with Crippen LogP contribution < -0.4 is 25.7 Å². The summed E-state index contributed by atoms with van der Waals surface area (Å²) in [4.78, 5) is 33.6. The third-order valence-electron chi connectivity index (χ3n) is 4.61. The smallest absolute Gasteiger partial charge is 0.408 e. The third kappa shape index (κ3) is 4.52. The van der Waals surface area contributed by atoms with Gasteiger partial charge in [-0.05, 0) is 38.1 Å². The molecule has 0 atom stereocenters. The van der Waals surface area contributed by atoms with E-state index >= 15 is 0 Å². The molecule has 3 aromatic rings. The molecule has 10 nitrogen and oxygen atoms in total. The number of amides is 1. The highest BCUT2D eigenvalue weighted by Crippen LogP contribution is 2.33. The number of alkyl carbamates (subject to hydrolysis) is 1. The second kappa shape index (κ2) is 8.50. The zero-order valence-corrected chi connectivity index (χ0v) is 18.3. The lowest BCUT2D eigenvalue weighted by molar-refractivity contribution is 0.162. The van der Waals surface area contributed by atoms with Crippen LogP contribution in [0.1, 0.15) is 13.8 Å². The van der Waals surface area contributed by atoms with Gasteiger partial charge in [0.05, 0.1) is 38.9 Å². The minimum atomic E-state index is -0.968. The van der Waals surface area contributed by atoms with Crippen molar-refractivity contribution in [1.82, 2.24) is 19.9 Å². The fourth-order valence-corrected chi connectivity index (χ4v) is 3.09. The molecule has 1 amide bonds. The Balaban J connectivity index is 2.19. The van der Waals surface area contributed by atoms with E-state index in [0.29, 0.717) is 28.1 Å². The van der Waals surface area contributed by atoms with E-state index in [2.05, 4.69) is 25.3 Å². The molecule has 2 N–H and O–H groups in total. The Morgan fingerprint density at radius 2 is 1.81 bits per heavy atom. The van der Waals surface area contributed by atoms with Crippen molar-refractivity contribution in [2.45, 2.75) is 19.5 Å². The van der Waals surface area contributed by atoms with Gasteiger partial charge in [0.15, 0.2) is 11.5 Å². The fourth-order valence-electron chi connectivity index (χ4n) is 3.09. The number of ether oxygens (including phenoxy) is 3. The number of aryl methyl sites for hydroxylation is 1. The maximum Gasteiger partial charge on any atom is 0.408 e. The number of methoxy groups -OCH3 is 3. The zero-order chi connectivity index (χ0) is 22.8. The molecular weight excluding hydrogens is 402 g/mol. The number of hydrogen-bond donors (Lipinski definition) is 2. The Hall–Kier alpha value is -3.82. The molecule has 0 aliphatic rings. The van der Waals surface area contributed by atoms with E-state index in [4.69, 9.17) is 9.47 Å². The average molecular weight is 427 g/mol. The van der Waals surface area contributed by atoms with Gasteiger partial charge in [0.2, 0.25) is 0 Å². The lowest BCUT2D eigenvalue weighted by Crippen LogP contribution is -2.49. The molecule has 0 fully saturated rings. The third-order valence-corrected chi connectivity index (χ3v) is 4.61. The summed E-state index contributed by atoms with van der Waals surface area (Å²) in [5.74, 6) is 1.40. The Morgan fingerprint density at radius 1 is 1.10 bits per heavy atom. The predicted octanol–water partition coefficient (Wildman–Crippen LogP) is 2.52. The molecule has 10 heteroatoms. The van der Waals surface area contributed by atoms with Crippen molar-refractivity contribution in [2.75, 3.05) is 26.6 Å². The minimum Gasteiger partial charge on any atom is -0.493 e. The normalized spacial score (nSPS) is 11.2. The molecule has 31 heavy (non-hydrogen) atoms. The minimum absolute atomic E-state index is 0.271. The Bertz CT molecular complexity index is 1190. The highest BCUT2D eigenvalue weighted by Gasteiger charge is 2.24. The number of pyridine rings is 1. The van der Waals surface area contributed by atoms with E-state index in [1.807, 2.05) is 6.07 Å². The molecule has 2 aromatic heterocycles. The maximum atomic E-state index is 12.8. The average Bonchev–Trinajstić information content (AvgIpc) is 2.74. The highest BCUT2D eigenvalue weighted by atomic mass is 16.5. The number of fused-ring (bicyclic) bond motifs is 1. The maximum absolute atomic E-state index is 12.8. The van der Waals surface area contributed by atoms with Crippen LogP contribution in [0.5, 0.6) is 11.5 Å². The van der Waals surface area contributed by atoms with Crippen LogP contribution in [-0.4, -0.2) is 47.6 Å². The quantitative estimate of drug-likeness (QED) is 0.577. The van der Waals surface area contributed by atoms with E-state index in [0.717, 1.165) is 5.56 Å². The monoisotopic (exact) mass is 427 g/mol. The number of benzene rings is 1. The lowest BCUT2D eigenvalue weighted by Gasteiger charge is -2.28. The van der Waals surface area contributed by atoms with Crippen LogP contribution in [0.15, 0.2) is 35.4 Å². The van der Waals surface area contributed by atoms with Crippen LogP contribution >= 0.6 is 0 Å². The summed E-state index contributed by atoms with van der Waals surface area (Å²) in [6, 6.07) is 7.12. The molecule has 0 bridgehead atoms. The zero-order valence-electron chi connectivity index (χ0n) is 18.3. The molecule has 164 valence electrons. The summed E-state index contributed by atoms with van der Waals surface area (Å²) in [6.07, 6.45) is 0.828. The topological polar surface area (TPSA) is 117 Å². The summed E-state index contributed by atoms with van der Waals surface area (Å²) in [5, 5.41) is 6.09. The summed E-state index contributed by atoms with van der Waals surface area (Å²) < 4.78 is 16.7. The van der Waals surface area contributed by atoms with Gasteiger partial charge in [0.1, 0.15) is 16.9 Å². The highest BCUT2D eigenvalue weighted by molar-refractivity contribution is 5.91. The van der Waals surface area contributed by atoms with Crippen molar-refractivity contribution in [3.8, 4) is 22.8 Å². The van der Waals surface area contributed by atoms with Crippen LogP contribution in [-0.2, 0) is 11.8 Å². The predicted molar refractivity (Wildman–Crippen MR) is 117 cm³/mol. The van der Waals surface area contributed by atoms with Gasteiger partial charge in [-0.15, -0.1) is 0 Å². The molecule has 0 spiro atoms. The first-order valence-electron chi connectivity index (χ1n) is 9.42. The van der Waals surface area contributed by atoms with E-state index in [1.54, 1.807) is 53.3 Å². The molecule has 0 saturated carbocycles. The first-order chi connectivity index (χ1) is 14.7. The van der Waals surface area contributed by atoms with Crippen LogP contribution in [0.4, 0.5) is 10.6 Å². The van der Waals surface area contributed by atoms with Crippen molar-refractivity contribution in [1.29, 1.82) is 0 Å². The van der Waals surface area contributed by atoms with Gasteiger partial charge in [-0.1, -0.05) is 0 Å². The van der Waals surface area contributed by atoms with Crippen LogP contribution in [0.3, 0.4) is 0 Å². The van der Waals surface area contributed by atoms with E-state index in [1.165, 1.54) is 18.0 Å². The van der Waals surface area contributed by atoms with Crippen LogP contribution in [0.2, 0.25) is 0 Å². The number of hydrogen-bond acceptors (Lipinski definition) is 8. The van der Waals surface area contributed by atoms with Crippen molar-refractivity contribution in [3.05, 3.63) is 40.9 Å². The van der Waals surface area contributed by atoms with Crippen molar-refractivity contribution < 1.29 is 19.0 Å². The molecular formula is C21H25N5O5. The Kier molecular flexibility index (Phi) is 6.00. The number of carbonyl (C=O) groups is 1. The Morgan fingerprint density at radius 3 is 2.45 bits per heavy atom. The van der Waals surface area contributed by atoms with Gasteiger partial charge in [-0.2, -0.15) is 0 Å². The van der Waals surface area contributed by atoms with Crippen molar-refractivity contribution in [2.24, 2.45) is 7.05 Å². The first-order valence-corrected chi connectivity index (χ1v) is 9.42. The van der Waals surface area contributed by atoms with E-state index < -0.39 is 11.8 Å². The summed E-state index contributed by atoms with van der Waals surface area (Å²) in [7, 11) is 5.99. The number of rotatable bonds is 6. The molecule has 2 heterocycles. The fraction of sp³-hybridized carbons (Fsp3) is 0.333. The first kappa shape index (κ1) is 21.9. The largest absolute Gasteiger partial charge is 0.493 e. The summed E-state index contributed by atoms with van der Waals surface area (Å²) >= 11 is 0. The molecule has 0 radical (unpaired) electrons. The molecule has 3 rings (SSSR count). The van der Waals surface area contributed by atoms with Gasteiger partial charge in [0.25, 0.3) is 5.56 Å². The van der Waals surface area contributed by atoms with Gasteiger partial charge in [-0.3, -0.25) is 10.1 Å². The molecule has 0 unspecified atom stereocenters. The van der Waals surface area contributed by atoms with Crippen LogP contribution in [0, 0.1) is 0 Å². The summed E-state index contributed by atoms with van der Waals surface area (Å²) in [5.41, 5.74) is 0.519. The summed E-state index contributed by atoms with van der Waals surface area (Å²) in [6.45, 7) is 3.45. The van der Waals surface area contributed by atoms with Gasteiger partial charge in [0, 0.05) is 12.6 Å². The number of anilines is 1. The Labute approximate surface area is 179 Å². The number of nitrogens with zero attached hydrogens (tertiary/aromatic N) is 3. The van der Waals surface area contributed by atoms with E-state index in [-0.39, 0.29) is 11.4 Å². The standard InChI is InChI=1S/C21H25N5O5/c1-21(2,25-20(28)31-6)24-18-17-14(22-11-26(3)19(17)27)10-13(23-18)12-7-8-15(29-4)16(9-12)30-5/h7-11H,1-6H3,(H,23,24)(H,25,28). The number of carbonyl (C=O) groups excluding carboxylic acids is 1. The van der Waals surface area contributed by atoms with Gasteiger partial charge >= 0.3 is 6.09 Å². The van der Waals surface area contributed by atoms with Crippen LogP contribution in [0.25, 0.3) is 22.2 Å². The number of aromatic nitrogens is 3.